The molecule has 4 atom stereocenters. The number of β-amino-alcohol motifs (C(OH)–C–C–N with tert-alkyl or cyclic N) is 1. The van der Waals surface area contributed by atoms with Gasteiger partial charge in [-0.25, -0.2) is 4.98 Å². The summed E-state index contributed by atoms with van der Waals surface area (Å²) in [4.78, 5) is 61.1. The van der Waals surface area contributed by atoms with Gasteiger partial charge in [0, 0.05) is 19.5 Å². The predicted octanol–water partition coefficient (Wildman–Crippen LogP) is 4.66. The largest absolute Gasteiger partial charge is 0.391 e. The van der Waals surface area contributed by atoms with E-state index in [2.05, 4.69) is 27.0 Å². The number of thiazole rings is 1. The number of nitrogens with zero attached hydrogens (tertiary/aromatic N) is 3. The van der Waals surface area contributed by atoms with Crippen molar-refractivity contribution in [1.29, 1.82) is 5.26 Å². The molecular formula is C39H57N7O5S. The number of carbonyl (C=O) groups excluding carboxylic acids is 4. The molecule has 6 N–H and O–H groups in total. The number of likely N-dealkylation sites (tertiary alicyclic amines) is 1. The van der Waals surface area contributed by atoms with Gasteiger partial charge < -0.3 is 31.7 Å². The number of nitrogens with two attached hydrogens (primary N) is 1. The summed E-state index contributed by atoms with van der Waals surface area (Å²) in [5.74, 6) is -1.69. The number of aliphatic hydroxyl groups is 1. The summed E-state index contributed by atoms with van der Waals surface area (Å²) < 4.78 is 0. The normalized spacial score (nSPS) is 19.0. The van der Waals surface area contributed by atoms with Crippen molar-refractivity contribution in [2.75, 3.05) is 19.6 Å². The van der Waals surface area contributed by atoms with Crippen LogP contribution in [0.4, 0.5) is 0 Å². The van der Waals surface area contributed by atoms with Crippen LogP contribution in [0.2, 0.25) is 0 Å². The number of carbonyl (C=O) groups is 4. The topological polar surface area (TPSA) is 191 Å². The number of aliphatic hydroxyl groups excluding tert-OH is 1. The molecule has 1 aromatic carbocycles. The number of aryl methyl sites for hydroxylation is 1. The van der Waals surface area contributed by atoms with Gasteiger partial charge in [0.05, 0.1) is 40.7 Å². The molecule has 1 aromatic heterocycles. The molecule has 12 nitrogen and oxygen atoms in total. The van der Waals surface area contributed by atoms with Crippen LogP contribution < -0.4 is 21.7 Å². The molecule has 1 aliphatic carbocycles. The van der Waals surface area contributed by atoms with Gasteiger partial charge in [-0.05, 0) is 55.7 Å². The molecule has 2 heterocycles. The third-order valence-corrected chi connectivity index (χ3v) is 11.1. The summed E-state index contributed by atoms with van der Waals surface area (Å²) in [6.07, 6.45) is 8.75. The fourth-order valence-corrected chi connectivity index (χ4v) is 7.50. The van der Waals surface area contributed by atoms with Gasteiger partial charge in [-0.1, -0.05) is 83.6 Å². The highest BCUT2D eigenvalue weighted by Gasteiger charge is 2.53. The first-order valence-corrected chi connectivity index (χ1v) is 19.7. The van der Waals surface area contributed by atoms with Gasteiger partial charge in [-0.2, -0.15) is 5.26 Å². The Morgan fingerprint density at radius 3 is 2.23 bits per heavy atom. The summed E-state index contributed by atoms with van der Waals surface area (Å²) in [6, 6.07) is 7.01. The third kappa shape index (κ3) is 11.1. The SMILES string of the molecule is Cc1ncsc1-c1ccc([C@H](CC(=O)NCCCCCCCCCCN)NC(=O)[C@@H]2C[C@@H](O)CN2C(=O)[C@@H](NC(=O)C2(C#N)CC2)C(C)(C)C)cc1. The Morgan fingerprint density at radius 1 is 1.04 bits per heavy atom. The Labute approximate surface area is 312 Å². The maximum absolute atomic E-state index is 14.1. The minimum Gasteiger partial charge on any atom is -0.391 e. The first-order chi connectivity index (χ1) is 24.8. The minimum absolute atomic E-state index is 0.00799. The first-order valence-electron chi connectivity index (χ1n) is 18.8. The lowest BCUT2D eigenvalue weighted by atomic mass is 9.85. The number of benzene rings is 1. The van der Waals surface area contributed by atoms with Crippen molar-refractivity contribution < 1.29 is 24.3 Å². The van der Waals surface area contributed by atoms with Gasteiger partial charge >= 0.3 is 0 Å². The molecule has 13 heteroatoms. The number of hydrogen-bond donors (Lipinski definition) is 5. The fraction of sp³-hybridized carbons (Fsp3) is 0.641. The van der Waals surface area contributed by atoms with Gasteiger partial charge in [0.15, 0.2) is 0 Å². The highest BCUT2D eigenvalue weighted by molar-refractivity contribution is 7.13. The van der Waals surface area contributed by atoms with Crippen LogP contribution in [-0.4, -0.2) is 76.4 Å². The molecule has 1 saturated heterocycles. The standard InChI is InChI=1S/C39H57N7O5S/c1-26-33(52-25-43-26)28-15-13-27(14-16-28)30(22-32(48)42-20-12-10-8-6-5-7-9-11-19-40)44-35(49)31-21-29(47)23-46(31)36(50)34(38(2,3)4)45-37(51)39(24-41)17-18-39/h13-16,25,29-31,34,47H,5-12,17-23,40H2,1-4H3,(H,42,48)(H,44,49)(H,45,51)/t29-,30+,31+,34-/m1/s1. The molecule has 4 rings (SSSR count). The van der Waals surface area contributed by atoms with E-state index in [1.807, 2.05) is 31.2 Å². The Kier molecular flexibility index (Phi) is 14.8. The number of unbranched alkanes of at least 4 members (excludes halogenated alkanes) is 7. The molecule has 0 radical (unpaired) electrons. The predicted molar refractivity (Wildman–Crippen MR) is 202 cm³/mol. The van der Waals surface area contributed by atoms with E-state index in [0.29, 0.717) is 19.4 Å². The van der Waals surface area contributed by atoms with Gasteiger partial charge in [0.2, 0.25) is 23.6 Å². The second kappa shape index (κ2) is 18.8. The van der Waals surface area contributed by atoms with E-state index in [1.165, 1.54) is 41.9 Å². The number of amides is 4. The van der Waals surface area contributed by atoms with Crippen LogP contribution in [0, 0.1) is 29.1 Å². The van der Waals surface area contributed by atoms with E-state index >= 15 is 0 Å². The number of rotatable bonds is 19. The van der Waals surface area contributed by atoms with Crippen molar-refractivity contribution in [1.82, 2.24) is 25.8 Å². The Morgan fingerprint density at radius 2 is 1.67 bits per heavy atom. The van der Waals surface area contributed by atoms with Crippen LogP contribution >= 0.6 is 11.3 Å². The van der Waals surface area contributed by atoms with Crippen molar-refractivity contribution in [2.45, 2.75) is 129 Å². The van der Waals surface area contributed by atoms with Gasteiger partial charge in [0.25, 0.3) is 0 Å². The second-order valence-corrected chi connectivity index (χ2v) is 16.3. The van der Waals surface area contributed by atoms with E-state index in [9.17, 15) is 29.5 Å². The summed E-state index contributed by atoms with van der Waals surface area (Å²) >= 11 is 1.54. The molecule has 2 fully saturated rings. The molecule has 52 heavy (non-hydrogen) atoms. The van der Waals surface area contributed by atoms with E-state index in [-0.39, 0.29) is 25.3 Å². The molecular weight excluding hydrogens is 679 g/mol. The Hall–Kier alpha value is -3.86. The van der Waals surface area contributed by atoms with Gasteiger partial charge in [-0.3, -0.25) is 19.2 Å². The number of nitriles is 1. The molecule has 1 aliphatic heterocycles. The quantitative estimate of drug-likeness (QED) is 0.129. The van der Waals surface area contributed by atoms with Gasteiger partial charge in [-0.15, -0.1) is 11.3 Å². The Balaban J connectivity index is 1.44. The molecule has 4 amide bonds. The summed E-state index contributed by atoms with van der Waals surface area (Å²) in [6.45, 7) is 8.57. The number of nitrogens with one attached hydrogen (secondary N) is 3. The smallest absolute Gasteiger partial charge is 0.246 e. The second-order valence-electron chi connectivity index (χ2n) is 15.5. The molecule has 2 aliphatic rings. The summed E-state index contributed by atoms with van der Waals surface area (Å²) in [7, 11) is 0. The highest BCUT2D eigenvalue weighted by Crippen LogP contribution is 2.45. The van der Waals surface area contributed by atoms with Crippen LogP contribution in [0.1, 0.15) is 115 Å². The highest BCUT2D eigenvalue weighted by atomic mass is 32.1. The van der Waals surface area contributed by atoms with Crippen LogP contribution in [0.3, 0.4) is 0 Å². The van der Waals surface area contributed by atoms with Crippen molar-refractivity contribution in [3.8, 4) is 16.5 Å². The lowest BCUT2D eigenvalue weighted by Gasteiger charge is -2.36. The lowest BCUT2D eigenvalue weighted by molar-refractivity contribution is -0.144. The molecule has 2 aromatic rings. The van der Waals surface area contributed by atoms with E-state index < -0.39 is 52.8 Å². The first kappa shape index (κ1) is 40.9. The van der Waals surface area contributed by atoms with Gasteiger partial charge in [0.1, 0.15) is 17.5 Å². The molecule has 284 valence electrons. The average molecular weight is 736 g/mol. The number of hydrogen-bond acceptors (Lipinski definition) is 9. The molecule has 0 spiro atoms. The lowest BCUT2D eigenvalue weighted by Crippen LogP contribution is -2.58. The van der Waals surface area contributed by atoms with Crippen molar-refractivity contribution in [3.63, 3.8) is 0 Å². The maximum atomic E-state index is 14.1. The Bertz CT molecular complexity index is 1560. The van der Waals surface area contributed by atoms with Crippen molar-refractivity contribution >= 4 is 35.0 Å². The molecule has 0 bridgehead atoms. The van der Waals surface area contributed by atoms with Crippen molar-refractivity contribution in [3.05, 3.63) is 41.0 Å². The van der Waals surface area contributed by atoms with Crippen LogP contribution in [0.15, 0.2) is 29.8 Å². The maximum Gasteiger partial charge on any atom is 0.246 e. The zero-order valence-corrected chi connectivity index (χ0v) is 32.0. The van der Waals surface area contributed by atoms with Crippen LogP contribution in [-0.2, 0) is 19.2 Å². The number of aromatic nitrogens is 1. The van der Waals surface area contributed by atoms with Crippen LogP contribution in [0.5, 0.6) is 0 Å². The molecule has 0 unspecified atom stereocenters. The summed E-state index contributed by atoms with van der Waals surface area (Å²) in [5, 5.41) is 29.1. The van der Waals surface area contributed by atoms with E-state index in [1.54, 1.807) is 26.3 Å². The van der Waals surface area contributed by atoms with E-state index in [4.69, 9.17) is 5.73 Å². The monoisotopic (exact) mass is 735 g/mol. The molecule has 1 saturated carbocycles. The zero-order chi connectivity index (χ0) is 37.9. The van der Waals surface area contributed by atoms with E-state index in [0.717, 1.165) is 53.9 Å². The minimum atomic E-state index is -1.13. The van der Waals surface area contributed by atoms with Crippen LogP contribution in [0.25, 0.3) is 10.4 Å². The fourth-order valence-electron chi connectivity index (χ4n) is 6.69. The van der Waals surface area contributed by atoms with Crippen molar-refractivity contribution in [2.24, 2.45) is 16.6 Å². The third-order valence-electron chi connectivity index (χ3n) is 10.1. The average Bonchev–Trinajstić information content (AvgIpc) is 3.64. The summed E-state index contributed by atoms with van der Waals surface area (Å²) in [5.41, 5.74) is 8.12. The zero-order valence-electron chi connectivity index (χ0n) is 31.2.